The van der Waals surface area contributed by atoms with Crippen LogP contribution in [0.25, 0.3) is 10.9 Å². The molecule has 0 radical (unpaired) electrons. The lowest BCUT2D eigenvalue weighted by atomic mass is 9.82. The Balaban J connectivity index is 1.88. The zero-order valence-corrected chi connectivity index (χ0v) is 17.0. The molecule has 0 bridgehead atoms. The summed E-state index contributed by atoms with van der Waals surface area (Å²) in [6.45, 7) is 3.28. The molecule has 1 unspecified atom stereocenters. The number of para-hydroxylation sites is 2. The van der Waals surface area contributed by atoms with E-state index < -0.39 is 17.5 Å². The fourth-order valence-corrected chi connectivity index (χ4v) is 3.75. The van der Waals surface area contributed by atoms with Crippen LogP contribution in [0.15, 0.2) is 65.8 Å². The van der Waals surface area contributed by atoms with Crippen LogP contribution in [-0.4, -0.2) is 35.5 Å². The lowest BCUT2D eigenvalue weighted by Gasteiger charge is -2.25. The molecule has 4 rings (SSSR count). The molecule has 2 aromatic carbocycles. The molecule has 1 aliphatic rings. The minimum Gasteiger partial charge on any atom is -0.462 e. The SMILES string of the molecule is CCOC(=O)c1c[nH]c2c(C3(C(=O)c4ccccc4OC(C)=O)C=CC=N3)cccc12. The van der Waals surface area contributed by atoms with Gasteiger partial charge in [0.1, 0.15) is 5.75 Å². The molecule has 7 nitrogen and oxygen atoms in total. The summed E-state index contributed by atoms with van der Waals surface area (Å²) in [5.41, 5.74) is 0.427. The smallest absolute Gasteiger partial charge is 0.340 e. The van der Waals surface area contributed by atoms with Gasteiger partial charge in [-0.25, -0.2) is 4.79 Å². The van der Waals surface area contributed by atoms with E-state index in [0.29, 0.717) is 22.0 Å². The number of benzene rings is 2. The van der Waals surface area contributed by atoms with Gasteiger partial charge in [-0.15, -0.1) is 0 Å². The maximum Gasteiger partial charge on any atom is 0.340 e. The molecule has 1 N–H and O–H groups in total. The third-order valence-corrected chi connectivity index (χ3v) is 5.05. The molecule has 0 aliphatic carbocycles. The molecule has 156 valence electrons. The summed E-state index contributed by atoms with van der Waals surface area (Å²) in [6.07, 6.45) is 6.51. The molecule has 31 heavy (non-hydrogen) atoms. The van der Waals surface area contributed by atoms with Gasteiger partial charge in [0.2, 0.25) is 5.78 Å². The van der Waals surface area contributed by atoms with Crippen molar-refractivity contribution in [3.05, 3.63) is 77.5 Å². The van der Waals surface area contributed by atoms with Gasteiger partial charge in [-0.1, -0.05) is 30.3 Å². The number of nitrogens with one attached hydrogen (secondary N) is 1. The Morgan fingerprint density at radius 2 is 1.87 bits per heavy atom. The lowest BCUT2D eigenvalue weighted by molar-refractivity contribution is -0.131. The summed E-state index contributed by atoms with van der Waals surface area (Å²) in [4.78, 5) is 45.3. The molecule has 2 heterocycles. The zero-order chi connectivity index (χ0) is 22.0. The highest BCUT2D eigenvalue weighted by atomic mass is 16.5. The second kappa shape index (κ2) is 8.02. The van der Waals surface area contributed by atoms with Gasteiger partial charge < -0.3 is 14.5 Å². The molecule has 1 aromatic heterocycles. The molecule has 7 heteroatoms. The Kier molecular flexibility index (Phi) is 5.25. The topological polar surface area (TPSA) is 97.8 Å². The summed E-state index contributed by atoms with van der Waals surface area (Å²) >= 11 is 0. The number of aliphatic imine (C=N–C) groups is 1. The number of aromatic amines is 1. The van der Waals surface area contributed by atoms with Gasteiger partial charge in [0.25, 0.3) is 0 Å². The van der Waals surface area contributed by atoms with E-state index in [1.807, 2.05) is 0 Å². The number of ketones is 1. The zero-order valence-electron chi connectivity index (χ0n) is 17.0. The Hall–Kier alpha value is -4.00. The van der Waals surface area contributed by atoms with Crippen LogP contribution in [0.3, 0.4) is 0 Å². The number of rotatable bonds is 6. The quantitative estimate of drug-likeness (QED) is 0.372. The number of hydrogen-bond donors (Lipinski definition) is 1. The number of Topliss-reactive ketones (excluding diaryl/α,β-unsaturated/α-hetero) is 1. The van der Waals surface area contributed by atoms with Crippen molar-refractivity contribution >= 4 is 34.8 Å². The minimum atomic E-state index is -1.37. The largest absolute Gasteiger partial charge is 0.462 e. The van der Waals surface area contributed by atoms with E-state index in [0.717, 1.165) is 0 Å². The van der Waals surface area contributed by atoms with Crippen molar-refractivity contribution in [2.45, 2.75) is 19.4 Å². The highest BCUT2D eigenvalue weighted by Gasteiger charge is 2.42. The number of H-pyrrole nitrogens is 1. The summed E-state index contributed by atoms with van der Waals surface area (Å²) in [6, 6.07) is 11.9. The third-order valence-electron chi connectivity index (χ3n) is 5.05. The van der Waals surface area contributed by atoms with Crippen LogP contribution in [0.2, 0.25) is 0 Å². The molecule has 0 amide bonds. The maximum absolute atomic E-state index is 13.8. The second-order valence-corrected chi connectivity index (χ2v) is 6.97. The minimum absolute atomic E-state index is 0.167. The van der Waals surface area contributed by atoms with Gasteiger partial charge in [0, 0.05) is 30.3 Å². The number of allylic oxidation sites excluding steroid dienone is 1. The fraction of sp³-hybridized carbons (Fsp3) is 0.167. The van der Waals surface area contributed by atoms with Gasteiger partial charge in [-0.05, 0) is 31.2 Å². The predicted molar refractivity (Wildman–Crippen MR) is 116 cm³/mol. The van der Waals surface area contributed by atoms with Crippen molar-refractivity contribution < 1.29 is 23.9 Å². The number of carbonyl (C=O) groups excluding carboxylic acids is 3. The highest BCUT2D eigenvalue weighted by molar-refractivity contribution is 6.13. The van der Waals surface area contributed by atoms with Crippen LogP contribution in [0, 0.1) is 0 Å². The van der Waals surface area contributed by atoms with E-state index >= 15 is 0 Å². The van der Waals surface area contributed by atoms with Crippen molar-refractivity contribution in [3.8, 4) is 5.75 Å². The Bertz CT molecular complexity index is 1240. The van der Waals surface area contributed by atoms with Gasteiger partial charge in [0.05, 0.1) is 23.3 Å². The third kappa shape index (κ3) is 3.44. The van der Waals surface area contributed by atoms with E-state index in [4.69, 9.17) is 9.47 Å². The Morgan fingerprint density at radius 3 is 2.58 bits per heavy atom. The Morgan fingerprint density at radius 1 is 1.06 bits per heavy atom. The lowest BCUT2D eigenvalue weighted by Crippen LogP contribution is -2.31. The van der Waals surface area contributed by atoms with Crippen LogP contribution in [0.5, 0.6) is 5.75 Å². The predicted octanol–water partition coefficient (Wildman–Crippen LogP) is 3.99. The van der Waals surface area contributed by atoms with Crippen LogP contribution >= 0.6 is 0 Å². The van der Waals surface area contributed by atoms with Crippen molar-refractivity contribution in [2.24, 2.45) is 4.99 Å². The molecule has 3 aromatic rings. The van der Waals surface area contributed by atoms with Crippen molar-refractivity contribution in [1.82, 2.24) is 4.98 Å². The summed E-state index contributed by atoms with van der Waals surface area (Å²) in [5.74, 6) is -1.16. The first-order valence-corrected chi connectivity index (χ1v) is 9.81. The molecule has 0 saturated heterocycles. The Labute approximate surface area is 178 Å². The average Bonchev–Trinajstić information content (AvgIpc) is 3.41. The van der Waals surface area contributed by atoms with Gasteiger partial charge in [-0.2, -0.15) is 0 Å². The van der Waals surface area contributed by atoms with Gasteiger partial charge in [0.15, 0.2) is 5.54 Å². The highest BCUT2D eigenvalue weighted by Crippen LogP contribution is 2.40. The summed E-state index contributed by atoms with van der Waals surface area (Å²) in [7, 11) is 0. The average molecular weight is 416 g/mol. The first-order chi connectivity index (χ1) is 15.0. The van der Waals surface area contributed by atoms with E-state index in [2.05, 4.69) is 9.98 Å². The van der Waals surface area contributed by atoms with Gasteiger partial charge >= 0.3 is 11.9 Å². The van der Waals surface area contributed by atoms with Crippen LogP contribution < -0.4 is 4.74 Å². The number of nitrogens with zero attached hydrogens (tertiary/aromatic N) is 1. The molecular weight excluding hydrogens is 396 g/mol. The summed E-state index contributed by atoms with van der Waals surface area (Å²) in [5, 5.41) is 0.631. The first-order valence-electron chi connectivity index (χ1n) is 9.81. The molecule has 0 spiro atoms. The van der Waals surface area contributed by atoms with Crippen LogP contribution in [0.1, 0.15) is 40.1 Å². The maximum atomic E-state index is 13.8. The molecule has 1 aliphatic heterocycles. The van der Waals surface area contributed by atoms with Crippen LogP contribution in [-0.2, 0) is 15.1 Å². The second-order valence-electron chi connectivity index (χ2n) is 6.97. The number of aromatic nitrogens is 1. The summed E-state index contributed by atoms with van der Waals surface area (Å²) < 4.78 is 10.4. The number of ether oxygens (including phenoxy) is 2. The van der Waals surface area contributed by atoms with Crippen LogP contribution in [0.4, 0.5) is 0 Å². The van der Waals surface area contributed by atoms with Crippen molar-refractivity contribution in [2.75, 3.05) is 6.61 Å². The van der Waals surface area contributed by atoms with Crippen molar-refractivity contribution in [3.63, 3.8) is 0 Å². The number of fused-ring (bicyclic) bond motifs is 1. The molecular formula is C24H20N2O5. The van der Waals surface area contributed by atoms with Gasteiger partial charge in [-0.3, -0.25) is 14.6 Å². The van der Waals surface area contributed by atoms with E-state index in [9.17, 15) is 14.4 Å². The molecule has 0 fully saturated rings. The first kappa shape index (κ1) is 20.3. The van der Waals surface area contributed by atoms with E-state index in [1.54, 1.807) is 74.0 Å². The fourth-order valence-electron chi connectivity index (χ4n) is 3.75. The molecule has 0 saturated carbocycles. The number of carbonyl (C=O) groups is 3. The van der Waals surface area contributed by atoms with E-state index in [1.165, 1.54) is 6.92 Å². The number of esters is 2. The standard InChI is InChI=1S/C24H20N2O5/c1-3-30-23(29)18-14-25-21-16(18)9-6-10-19(21)24(12-7-13-26-24)22(28)17-8-4-5-11-20(17)31-15(2)27/h4-14,25H,3H2,1-2H3. The molecule has 1 atom stereocenters. The normalized spacial score (nSPS) is 17.1. The monoisotopic (exact) mass is 416 g/mol. The van der Waals surface area contributed by atoms with E-state index in [-0.39, 0.29) is 23.7 Å². The number of hydrogen-bond acceptors (Lipinski definition) is 6. The van der Waals surface area contributed by atoms with Crippen molar-refractivity contribution in [1.29, 1.82) is 0 Å².